The number of likely N-dealkylation sites (tertiary alicyclic amines) is 1. The molecule has 2 aliphatic rings. The maximum absolute atomic E-state index is 12.7. The number of hydrogen-bond donors (Lipinski definition) is 0. The fourth-order valence-electron chi connectivity index (χ4n) is 2.98. The Labute approximate surface area is 123 Å². The van der Waals surface area contributed by atoms with Crippen LogP contribution in [0.1, 0.15) is 29.6 Å². The van der Waals surface area contributed by atoms with Crippen LogP contribution < -0.4 is 0 Å². The second-order valence-corrected chi connectivity index (χ2v) is 5.46. The van der Waals surface area contributed by atoms with E-state index in [0.29, 0.717) is 38.4 Å². The summed E-state index contributed by atoms with van der Waals surface area (Å²) in [5.74, 6) is -0.0649. The molecule has 0 N–H and O–H groups in total. The van der Waals surface area contributed by atoms with Gasteiger partial charge in [0.05, 0.1) is 25.0 Å². The van der Waals surface area contributed by atoms with Crippen molar-refractivity contribution in [2.24, 2.45) is 0 Å². The van der Waals surface area contributed by atoms with Crippen molar-refractivity contribution in [3.05, 3.63) is 24.2 Å². The van der Waals surface area contributed by atoms with E-state index >= 15 is 0 Å². The summed E-state index contributed by atoms with van der Waals surface area (Å²) in [6.07, 6.45) is 5.58. The van der Waals surface area contributed by atoms with Crippen LogP contribution in [0.5, 0.6) is 0 Å². The van der Waals surface area contributed by atoms with E-state index in [1.54, 1.807) is 11.0 Å². The topological polar surface area (TPSA) is 63.0 Å². The molecule has 2 amide bonds. The molecule has 1 unspecified atom stereocenters. The van der Waals surface area contributed by atoms with Gasteiger partial charge in [-0.1, -0.05) is 0 Å². The summed E-state index contributed by atoms with van der Waals surface area (Å²) in [6.45, 7) is 3.01. The van der Waals surface area contributed by atoms with Crippen molar-refractivity contribution in [1.29, 1.82) is 0 Å². The molecule has 3 rings (SSSR count). The van der Waals surface area contributed by atoms with Crippen molar-refractivity contribution in [3.63, 3.8) is 0 Å². The molecule has 3 heterocycles. The van der Waals surface area contributed by atoms with Gasteiger partial charge in [-0.3, -0.25) is 9.59 Å². The Kier molecular flexibility index (Phi) is 4.24. The molecule has 0 bridgehead atoms. The van der Waals surface area contributed by atoms with Crippen molar-refractivity contribution in [3.8, 4) is 0 Å². The van der Waals surface area contributed by atoms with Crippen LogP contribution in [-0.4, -0.2) is 60.5 Å². The van der Waals surface area contributed by atoms with Gasteiger partial charge < -0.3 is 19.0 Å². The standard InChI is InChI=1S/C15H20N2O4/c18-14(12-4-8-21-11-12)17-5-2-1-3-13(17)15(19)16-6-9-20-10-7-16/h4,8,11,13H,1-3,5-7,9-10H2. The van der Waals surface area contributed by atoms with Gasteiger partial charge in [-0.05, 0) is 25.3 Å². The molecule has 0 aromatic carbocycles. The van der Waals surface area contributed by atoms with E-state index in [-0.39, 0.29) is 17.9 Å². The number of morpholine rings is 1. The highest BCUT2D eigenvalue weighted by Gasteiger charge is 2.35. The molecule has 114 valence electrons. The Hall–Kier alpha value is -1.82. The second kappa shape index (κ2) is 6.30. The molecular formula is C15H20N2O4. The monoisotopic (exact) mass is 292 g/mol. The Balaban J connectivity index is 1.74. The van der Waals surface area contributed by atoms with Gasteiger partial charge in [0, 0.05) is 19.6 Å². The smallest absolute Gasteiger partial charge is 0.257 e. The molecule has 0 spiro atoms. The minimum atomic E-state index is -0.348. The summed E-state index contributed by atoms with van der Waals surface area (Å²) in [5.41, 5.74) is 0.511. The highest BCUT2D eigenvalue weighted by Crippen LogP contribution is 2.22. The first-order valence-corrected chi connectivity index (χ1v) is 7.47. The van der Waals surface area contributed by atoms with Crippen LogP contribution in [0.2, 0.25) is 0 Å². The average molecular weight is 292 g/mol. The van der Waals surface area contributed by atoms with Crippen molar-refractivity contribution in [1.82, 2.24) is 9.80 Å². The molecule has 1 atom stereocenters. The van der Waals surface area contributed by atoms with E-state index < -0.39 is 0 Å². The molecule has 2 aliphatic heterocycles. The first-order chi connectivity index (χ1) is 10.3. The first kappa shape index (κ1) is 14.1. The van der Waals surface area contributed by atoms with Crippen LogP contribution >= 0.6 is 0 Å². The number of amides is 2. The predicted molar refractivity (Wildman–Crippen MR) is 74.8 cm³/mol. The zero-order valence-electron chi connectivity index (χ0n) is 12.0. The maximum Gasteiger partial charge on any atom is 0.257 e. The van der Waals surface area contributed by atoms with E-state index in [0.717, 1.165) is 19.3 Å². The Bertz CT molecular complexity index is 494. The summed E-state index contributed by atoms with van der Waals surface area (Å²) < 4.78 is 10.3. The normalized spacial score (nSPS) is 23.1. The average Bonchev–Trinajstić information content (AvgIpc) is 3.09. The molecule has 6 nitrogen and oxygen atoms in total. The SMILES string of the molecule is O=C(C1CCCCN1C(=O)c1ccoc1)N1CCOCC1. The highest BCUT2D eigenvalue weighted by atomic mass is 16.5. The summed E-state index contributed by atoms with van der Waals surface area (Å²) in [6, 6.07) is 1.30. The molecule has 0 saturated carbocycles. The van der Waals surface area contributed by atoms with Crippen LogP contribution in [0.3, 0.4) is 0 Å². The first-order valence-electron chi connectivity index (χ1n) is 7.47. The van der Waals surface area contributed by atoms with E-state index in [4.69, 9.17) is 9.15 Å². The van der Waals surface area contributed by atoms with Gasteiger partial charge in [0.15, 0.2) is 0 Å². The van der Waals surface area contributed by atoms with Gasteiger partial charge in [-0.15, -0.1) is 0 Å². The van der Waals surface area contributed by atoms with E-state index in [1.807, 2.05) is 4.90 Å². The van der Waals surface area contributed by atoms with Gasteiger partial charge in [0.2, 0.25) is 5.91 Å². The molecule has 1 aromatic heterocycles. The van der Waals surface area contributed by atoms with Gasteiger partial charge in [0.25, 0.3) is 5.91 Å². The summed E-state index contributed by atoms with van der Waals surface area (Å²) in [7, 11) is 0. The number of hydrogen-bond acceptors (Lipinski definition) is 4. The van der Waals surface area contributed by atoms with Crippen LogP contribution in [0.4, 0.5) is 0 Å². The third-order valence-corrected chi connectivity index (χ3v) is 4.14. The van der Waals surface area contributed by atoms with Crippen molar-refractivity contribution >= 4 is 11.8 Å². The highest BCUT2D eigenvalue weighted by molar-refractivity contribution is 5.97. The van der Waals surface area contributed by atoms with E-state index in [1.165, 1.54) is 12.5 Å². The fraction of sp³-hybridized carbons (Fsp3) is 0.600. The third-order valence-electron chi connectivity index (χ3n) is 4.14. The number of furan rings is 1. The lowest BCUT2D eigenvalue weighted by atomic mass is 9.99. The predicted octanol–water partition coefficient (Wildman–Crippen LogP) is 1.13. The molecule has 2 saturated heterocycles. The van der Waals surface area contributed by atoms with Crippen LogP contribution in [0, 0.1) is 0 Å². The minimum Gasteiger partial charge on any atom is -0.472 e. The molecule has 1 aromatic rings. The van der Waals surface area contributed by atoms with Crippen LogP contribution in [-0.2, 0) is 9.53 Å². The molecular weight excluding hydrogens is 272 g/mol. The van der Waals surface area contributed by atoms with Crippen LogP contribution in [0.25, 0.3) is 0 Å². The minimum absolute atomic E-state index is 0.0508. The van der Waals surface area contributed by atoms with Crippen molar-refractivity contribution < 1.29 is 18.7 Å². The second-order valence-electron chi connectivity index (χ2n) is 5.46. The number of carbonyl (C=O) groups is 2. The maximum atomic E-state index is 12.7. The molecule has 2 fully saturated rings. The Morgan fingerprint density at radius 3 is 2.67 bits per heavy atom. The van der Waals surface area contributed by atoms with Crippen molar-refractivity contribution in [2.75, 3.05) is 32.8 Å². The molecule has 21 heavy (non-hydrogen) atoms. The van der Waals surface area contributed by atoms with Gasteiger partial charge in [-0.25, -0.2) is 0 Å². The molecule has 6 heteroatoms. The lowest BCUT2D eigenvalue weighted by molar-refractivity contribution is -0.141. The summed E-state index contributed by atoms with van der Waals surface area (Å²) >= 11 is 0. The number of nitrogens with zero attached hydrogens (tertiary/aromatic N) is 2. The zero-order chi connectivity index (χ0) is 14.7. The number of carbonyl (C=O) groups excluding carboxylic acids is 2. The third kappa shape index (κ3) is 2.95. The summed E-state index contributed by atoms with van der Waals surface area (Å²) in [5, 5.41) is 0. The van der Waals surface area contributed by atoms with E-state index in [9.17, 15) is 9.59 Å². The lowest BCUT2D eigenvalue weighted by Gasteiger charge is -2.38. The molecule has 0 radical (unpaired) electrons. The van der Waals surface area contributed by atoms with Crippen molar-refractivity contribution in [2.45, 2.75) is 25.3 Å². The van der Waals surface area contributed by atoms with Gasteiger partial charge in [0.1, 0.15) is 12.3 Å². The largest absolute Gasteiger partial charge is 0.472 e. The number of rotatable bonds is 2. The number of piperidine rings is 1. The Morgan fingerprint density at radius 1 is 1.14 bits per heavy atom. The summed E-state index contributed by atoms with van der Waals surface area (Å²) in [4.78, 5) is 28.7. The van der Waals surface area contributed by atoms with E-state index in [2.05, 4.69) is 0 Å². The van der Waals surface area contributed by atoms with Gasteiger partial charge in [-0.2, -0.15) is 0 Å². The zero-order valence-corrected chi connectivity index (χ0v) is 12.0. The molecule has 0 aliphatic carbocycles. The fourth-order valence-corrected chi connectivity index (χ4v) is 2.98. The van der Waals surface area contributed by atoms with Crippen LogP contribution in [0.15, 0.2) is 23.0 Å². The number of ether oxygens (including phenoxy) is 1. The Morgan fingerprint density at radius 2 is 1.95 bits per heavy atom. The quantitative estimate of drug-likeness (QED) is 0.820. The van der Waals surface area contributed by atoms with Gasteiger partial charge >= 0.3 is 0 Å². The lowest BCUT2D eigenvalue weighted by Crippen LogP contribution is -2.55.